The zero-order valence-electron chi connectivity index (χ0n) is 9.67. The van der Waals surface area contributed by atoms with Crippen LogP contribution in [0.3, 0.4) is 0 Å². The molecule has 0 N–H and O–H groups in total. The first-order valence-corrected chi connectivity index (χ1v) is 6.02. The maximum atomic E-state index is 10.6. The Hall–Kier alpha value is -1.84. The summed E-state index contributed by atoms with van der Waals surface area (Å²) in [6, 6.07) is 4.25. The van der Waals surface area contributed by atoms with E-state index >= 15 is 0 Å². The minimum Gasteiger partial charge on any atom is -0.371 e. The lowest BCUT2D eigenvalue weighted by molar-refractivity contribution is -0.107. The Kier molecular flexibility index (Phi) is 2.55. The van der Waals surface area contributed by atoms with Gasteiger partial charge in [-0.2, -0.15) is 0 Å². The van der Waals surface area contributed by atoms with Crippen LogP contribution in [0.4, 0.5) is 5.69 Å². The molecule has 0 aromatic carbocycles. The van der Waals surface area contributed by atoms with E-state index in [1.807, 2.05) is 10.6 Å². The van der Waals surface area contributed by atoms with Crippen molar-refractivity contribution in [2.75, 3.05) is 18.0 Å². The number of aromatic nitrogens is 2. The van der Waals surface area contributed by atoms with Crippen molar-refractivity contribution in [3.63, 3.8) is 0 Å². The second-order valence-electron chi connectivity index (χ2n) is 4.43. The van der Waals surface area contributed by atoms with Gasteiger partial charge in [-0.1, -0.05) is 0 Å². The van der Waals surface area contributed by atoms with Crippen LogP contribution < -0.4 is 4.90 Å². The first-order valence-electron chi connectivity index (χ1n) is 6.02. The number of rotatable bonds is 3. The summed E-state index contributed by atoms with van der Waals surface area (Å²) in [6.07, 6.45) is 7.62. The van der Waals surface area contributed by atoms with Crippen molar-refractivity contribution in [2.45, 2.75) is 19.3 Å². The van der Waals surface area contributed by atoms with E-state index in [1.165, 1.54) is 18.5 Å². The summed E-state index contributed by atoms with van der Waals surface area (Å²) < 4.78 is 1.97. The molecule has 88 valence electrons. The highest BCUT2D eigenvalue weighted by Gasteiger charge is 2.13. The molecular weight excluding hydrogens is 214 g/mol. The summed E-state index contributed by atoms with van der Waals surface area (Å²) >= 11 is 0. The van der Waals surface area contributed by atoms with Gasteiger partial charge in [-0.3, -0.25) is 0 Å². The van der Waals surface area contributed by atoms with Crippen LogP contribution in [0.1, 0.15) is 18.5 Å². The summed E-state index contributed by atoms with van der Waals surface area (Å²) in [5.74, 6) is 0. The number of hydrogen-bond acceptors (Lipinski definition) is 3. The molecule has 4 heteroatoms. The smallest absolute Gasteiger partial charge is 0.126 e. The molecule has 2 aromatic rings. The van der Waals surface area contributed by atoms with Gasteiger partial charge in [0.05, 0.1) is 17.5 Å². The van der Waals surface area contributed by atoms with Crippen LogP contribution in [-0.2, 0) is 11.2 Å². The number of hydrogen-bond donors (Lipinski definition) is 0. The molecular formula is C13H15N3O. The molecule has 3 heterocycles. The molecule has 2 aromatic heterocycles. The fraction of sp³-hybridized carbons (Fsp3) is 0.385. The Morgan fingerprint density at radius 2 is 2.18 bits per heavy atom. The minimum atomic E-state index is 0.389. The molecule has 17 heavy (non-hydrogen) atoms. The van der Waals surface area contributed by atoms with Gasteiger partial charge in [0.1, 0.15) is 6.29 Å². The average molecular weight is 229 g/mol. The van der Waals surface area contributed by atoms with E-state index in [0.717, 1.165) is 30.6 Å². The van der Waals surface area contributed by atoms with Crippen LogP contribution in [0.2, 0.25) is 0 Å². The molecule has 1 fully saturated rings. The standard InChI is InChI=1S/C13H15N3O/c17-8-4-12-13-9-11(15-5-1-2-6-15)3-7-16(13)10-14-12/h3,7-10H,1-2,4-6H2. The van der Waals surface area contributed by atoms with E-state index in [-0.39, 0.29) is 0 Å². The fourth-order valence-corrected chi connectivity index (χ4v) is 2.44. The number of imidazole rings is 1. The maximum absolute atomic E-state index is 10.6. The first kappa shape index (κ1) is 10.3. The van der Waals surface area contributed by atoms with Crippen LogP contribution >= 0.6 is 0 Å². The number of aldehydes is 1. The van der Waals surface area contributed by atoms with Crippen molar-refractivity contribution >= 4 is 17.5 Å². The molecule has 0 bridgehead atoms. The maximum Gasteiger partial charge on any atom is 0.126 e. The van der Waals surface area contributed by atoms with Gasteiger partial charge < -0.3 is 14.1 Å². The summed E-state index contributed by atoms with van der Waals surface area (Å²) in [6.45, 7) is 2.26. The molecule has 0 radical (unpaired) electrons. The third kappa shape index (κ3) is 1.79. The number of nitrogens with zero attached hydrogens (tertiary/aromatic N) is 3. The van der Waals surface area contributed by atoms with Crippen LogP contribution in [-0.4, -0.2) is 28.8 Å². The Morgan fingerprint density at radius 3 is 2.94 bits per heavy atom. The predicted molar refractivity (Wildman–Crippen MR) is 66.4 cm³/mol. The highest BCUT2D eigenvalue weighted by Crippen LogP contribution is 2.22. The highest BCUT2D eigenvalue weighted by atomic mass is 16.1. The van der Waals surface area contributed by atoms with Crippen molar-refractivity contribution < 1.29 is 4.79 Å². The van der Waals surface area contributed by atoms with Gasteiger partial charge in [0.25, 0.3) is 0 Å². The molecule has 1 aliphatic heterocycles. The number of carbonyl (C=O) groups excluding carboxylic acids is 1. The predicted octanol–water partition coefficient (Wildman–Crippen LogP) is 1.68. The number of carbonyl (C=O) groups is 1. The third-order valence-corrected chi connectivity index (χ3v) is 3.35. The Balaban J connectivity index is 2.03. The quantitative estimate of drug-likeness (QED) is 0.751. The number of pyridine rings is 1. The van der Waals surface area contributed by atoms with Crippen molar-refractivity contribution in [3.8, 4) is 0 Å². The first-order chi connectivity index (χ1) is 8.38. The Morgan fingerprint density at radius 1 is 1.35 bits per heavy atom. The molecule has 0 spiro atoms. The van der Waals surface area contributed by atoms with Crippen LogP contribution in [0.25, 0.3) is 5.52 Å². The molecule has 0 saturated carbocycles. The van der Waals surface area contributed by atoms with Crippen LogP contribution in [0.5, 0.6) is 0 Å². The lowest BCUT2D eigenvalue weighted by Crippen LogP contribution is -2.17. The van der Waals surface area contributed by atoms with Crippen molar-refractivity contribution in [3.05, 3.63) is 30.4 Å². The van der Waals surface area contributed by atoms with E-state index in [0.29, 0.717) is 6.42 Å². The third-order valence-electron chi connectivity index (χ3n) is 3.35. The van der Waals surface area contributed by atoms with Gasteiger partial charge >= 0.3 is 0 Å². The van der Waals surface area contributed by atoms with Crippen LogP contribution in [0, 0.1) is 0 Å². The van der Waals surface area contributed by atoms with E-state index < -0.39 is 0 Å². The van der Waals surface area contributed by atoms with Gasteiger partial charge in [0, 0.05) is 31.4 Å². The molecule has 1 saturated heterocycles. The van der Waals surface area contributed by atoms with Gasteiger partial charge in [0.15, 0.2) is 0 Å². The van der Waals surface area contributed by atoms with E-state index in [2.05, 4.69) is 22.0 Å². The Bertz CT molecular complexity index is 541. The van der Waals surface area contributed by atoms with Gasteiger partial charge in [-0.25, -0.2) is 4.98 Å². The van der Waals surface area contributed by atoms with Gasteiger partial charge in [0.2, 0.25) is 0 Å². The van der Waals surface area contributed by atoms with Crippen molar-refractivity contribution in [2.24, 2.45) is 0 Å². The zero-order chi connectivity index (χ0) is 11.7. The normalized spacial score (nSPS) is 15.6. The lowest BCUT2D eigenvalue weighted by Gasteiger charge is -2.17. The van der Waals surface area contributed by atoms with Crippen LogP contribution in [0.15, 0.2) is 24.7 Å². The molecule has 3 rings (SSSR count). The summed E-state index contributed by atoms with van der Waals surface area (Å²) in [5, 5.41) is 0. The SMILES string of the molecule is O=CCc1ncn2ccc(N3CCCC3)cc12. The largest absolute Gasteiger partial charge is 0.371 e. The zero-order valence-corrected chi connectivity index (χ0v) is 9.67. The monoisotopic (exact) mass is 229 g/mol. The summed E-state index contributed by atoms with van der Waals surface area (Å²) in [5.41, 5.74) is 3.14. The molecule has 4 nitrogen and oxygen atoms in total. The molecule has 0 unspecified atom stereocenters. The number of anilines is 1. The topological polar surface area (TPSA) is 37.6 Å². The summed E-state index contributed by atoms with van der Waals surface area (Å²) in [7, 11) is 0. The Labute approximate surface area is 99.9 Å². The average Bonchev–Trinajstić information content (AvgIpc) is 2.98. The molecule has 0 atom stereocenters. The number of fused-ring (bicyclic) bond motifs is 1. The van der Waals surface area contributed by atoms with E-state index in [9.17, 15) is 4.79 Å². The second-order valence-corrected chi connectivity index (χ2v) is 4.43. The molecule has 0 aliphatic carbocycles. The van der Waals surface area contributed by atoms with E-state index in [1.54, 1.807) is 6.33 Å². The second kappa shape index (κ2) is 4.20. The summed E-state index contributed by atoms with van der Waals surface area (Å²) in [4.78, 5) is 17.2. The van der Waals surface area contributed by atoms with Crippen molar-refractivity contribution in [1.82, 2.24) is 9.38 Å². The highest BCUT2D eigenvalue weighted by molar-refractivity contribution is 5.67. The van der Waals surface area contributed by atoms with E-state index in [4.69, 9.17) is 0 Å². The van der Waals surface area contributed by atoms with Gasteiger partial charge in [-0.05, 0) is 25.0 Å². The molecule has 1 aliphatic rings. The van der Waals surface area contributed by atoms with Crippen molar-refractivity contribution in [1.29, 1.82) is 0 Å². The minimum absolute atomic E-state index is 0.389. The lowest BCUT2D eigenvalue weighted by atomic mass is 10.2. The fourth-order valence-electron chi connectivity index (χ4n) is 2.44. The molecule has 0 amide bonds. The van der Waals surface area contributed by atoms with Gasteiger partial charge in [-0.15, -0.1) is 0 Å².